The number of aliphatic hydroxyl groups is 1. The van der Waals surface area contributed by atoms with Gasteiger partial charge in [0.05, 0.1) is 6.61 Å². The van der Waals surface area contributed by atoms with Gasteiger partial charge in [-0.2, -0.15) is 0 Å². The maximum absolute atomic E-state index is 10.3. The van der Waals surface area contributed by atoms with Crippen molar-refractivity contribution < 1.29 is 15.0 Å². The lowest BCUT2D eigenvalue weighted by molar-refractivity contribution is -0.137. The summed E-state index contributed by atoms with van der Waals surface area (Å²) in [4.78, 5) is 10.3. The summed E-state index contributed by atoms with van der Waals surface area (Å²) in [5.74, 6) is -0.686. The first-order chi connectivity index (χ1) is 8.16. The zero-order chi connectivity index (χ0) is 12.9. The standard InChI is InChI=1S/C13H27NO3/c1-12(14-10-11-15)8-6-4-2-3-5-7-9-13(16)17/h12,14-15H,2-11H2,1H3,(H,16,17)/t12-/m1/s1. The number of hydrogen-bond donors (Lipinski definition) is 3. The Bertz CT molecular complexity index is 186. The number of rotatable bonds is 12. The SMILES string of the molecule is C[C@H](CCCCCCCCC(=O)O)NCCO. The van der Waals surface area contributed by atoms with Gasteiger partial charge in [0.15, 0.2) is 0 Å². The lowest BCUT2D eigenvalue weighted by Gasteiger charge is -2.12. The van der Waals surface area contributed by atoms with Crippen LogP contribution in [0.25, 0.3) is 0 Å². The minimum Gasteiger partial charge on any atom is -0.481 e. The van der Waals surface area contributed by atoms with Crippen molar-refractivity contribution in [1.82, 2.24) is 5.32 Å². The quantitative estimate of drug-likeness (QED) is 0.461. The molecule has 3 N–H and O–H groups in total. The zero-order valence-electron chi connectivity index (χ0n) is 11.0. The van der Waals surface area contributed by atoms with Crippen LogP contribution in [0.2, 0.25) is 0 Å². The van der Waals surface area contributed by atoms with E-state index >= 15 is 0 Å². The molecule has 0 spiro atoms. The van der Waals surface area contributed by atoms with Gasteiger partial charge < -0.3 is 15.5 Å². The molecule has 0 aliphatic heterocycles. The van der Waals surface area contributed by atoms with Crippen molar-refractivity contribution in [2.45, 2.75) is 64.3 Å². The molecule has 0 saturated heterocycles. The Hall–Kier alpha value is -0.610. The summed E-state index contributed by atoms with van der Waals surface area (Å²) in [5, 5.41) is 20.3. The van der Waals surface area contributed by atoms with E-state index in [0.29, 0.717) is 19.0 Å². The molecular formula is C13H27NO3. The third-order valence-corrected chi connectivity index (χ3v) is 2.88. The van der Waals surface area contributed by atoms with E-state index < -0.39 is 5.97 Å². The maximum Gasteiger partial charge on any atom is 0.303 e. The smallest absolute Gasteiger partial charge is 0.303 e. The van der Waals surface area contributed by atoms with Gasteiger partial charge >= 0.3 is 5.97 Å². The predicted octanol–water partition coefficient (Wildman–Crippen LogP) is 2.16. The van der Waals surface area contributed by atoms with Gasteiger partial charge in [-0.1, -0.05) is 32.1 Å². The minimum absolute atomic E-state index is 0.202. The average molecular weight is 245 g/mol. The summed E-state index contributed by atoms with van der Waals surface area (Å²) in [6, 6.07) is 0.481. The van der Waals surface area contributed by atoms with E-state index in [1.807, 2.05) is 0 Å². The number of carboxylic acid groups (broad SMARTS) is 1. The van der Waals surface area contributed by atoms with Crippen molar-refractivity contribution in [3.8, 4) is 0 Å². The van der Waals surface area contributed by atoms with Gasteiger partial charge in [-0.3, -0.25) is 4.79 Å². The maximum atomic E-state index is 10.3. The molecule has 0 aliphatic carbocycles. The van der Waals surface area contributed by atoms with Gasteiger partial charge in [-0.15, -0.1) is 0 Å². The van der Waals surface area contributed by atoms with Crippen molar-refractivity contribution in [3.05, 3.63) is 0 Å². The Morgan fingerprint density at radius 3 is 2.29 bits per heavy atom. The van der Waals surface area contributed by atoms with Crippen LogP contribution in [0.15, 0.2) is 0 Å². The van der Waals surface area contributed by atoms with Crippen LogP contribution < -0.4 is 5.32 Å². The molecular weight excluding hydrogens is 218 g/mol. The molecule has 0 aromatic heterocycles. The van der Waals surface area contributed by atoms with E-state index in [1.165, 1.54) is 19.3 Å². The lowest BCUT2D eigenvalue weighted by Crippen LogP contribution is -2.28. The topological polar surface area (TPSA) is 69.6 Å². The first-order valence-electron chi connectivity index (χ1n) is 6.73. The van der Waals surface area contributed by atoms with Crippen LogP contribution in [-0.4, -0.2) is 35.4 Å². The zero-order valence-corrected chi connectivity index (χ0v) is 11.0. The summed E-state index contributed by atoms with van der Waals surface area (Å²) >= 11 is 0. The van der Waals surface area contributed by atoms with Gasteiger partial charge in [-0.25, -0.2) is 0 Å². The largest absolute Gasteiger partial charge is 0.481 e. The monoisotopic (exact) mass is 245 g/mol. The first-order valence-corrected chi connectivity index (χ1v) is 6.73. The molecule has 0 unspecified atom stereocenters. The van der Waals surface area contributed by atoms with Gasteiger partial charge in [0, 0.05) is 19.0 Å². The van der Waals surface area contributed by atoms with Crippen LogP contribution >= 0.6 is 0 Å². The lowest BCUT2D eigenvalue weighted by atomic mass is 10.1. The molecule has 4 nitrogen and oxygen atoms in total. The number of carboxylic acids is 1. The van der Waals surface area contributed by atoms with Crippen molar-refractivity contribution in [2.24, 2.45) is 0 Å². The summed E-state index contributed by atoms with van der Waals surface area (Å²) in [5.41, 5.74) is 0. The summed E-state index contributed by atoms with van der Waals surface area (Å²) < 4.78 is 0. The summed E-state index contributed by atoms with van der Waals surface area (Å²) in [6.45, 7) is 3.02. The fraction of sp³-hybridized carbons (Fsp3) is 0.923. The number of carbonyl (C=O) groups is 1. The molecule has 4 heteroatoms. The predicted molar refractivity (Wildman–Crippen MR) is 69.1 cm³/mol. The Balaban J connectivity index is 3.10. The second kappa shape index (κ2) is 11.9. The van der Waals surface area contributed by atoms with Crippen LogP contribution in [0.4, 0.5) is 0 Å². The number of aliphatic carboxylic acids is 1. The van der Waals surface area contributed by atoms with E-state index in [9.17, 15) is 4.79 Å². The van der Waals surface area contributed by atoms with Crippen LogP contribution in [0.5, 0.6) is 0 Å². The van der Waals surface area contributed by atoms with E-state index in [2.05, 4.69) is 12.2 Å². The number of aliphatic hydroxyl groups excluding tert-OH is 1. The van der Waals surface area contributed by atoms with Gasteiger partial charge in [-0.05, 0) is 19.8 Å². The van der Waals surface area contributed by atoms with E-state index in [-0.39, 0.29) is 6.61 Å². The Morgan fingerprint density at radius 2 is 1.71 bits per heavy atom. The van der Waals surface area contributed by atoms with E-state index in [0.717, 1.165) is 25.7 Å². The fourth-order valence-corrected chi connectivity index (χ4v) is 1.85. The average Bonchev–Trinajstić information content (AvgIpc) is 2.29. The van der Waals surface area contributed by atoms with Crippen LogP contribution in [0.1, 0.15) is 58.3 Å². The third kappa shape index (κ3) is 13.3. The molecule has 0 bridgehead atoms. The molecule has 102 valence electrons. The van der Waals surface area contributed by atoms with Crippen LogP contribution in [-0.2, 0) is 4.79 Å². The normalized spacial score (nSPS) is 12.6. The van der Waals surface area contributed by atoms with Crippen LogP contribution in [0.3, 0.4) is 0 Å². The highest BCUT2D eigenvalue weighted by atomic mass is 16.4. The molecule has 0 fully saturated rings. The highest BCUT2D eigenvalue weighted by Crippen LogP contribution is 2.09. The van der Waals surface area contributed by atoms with Gasteiger partial charge in [0.1, 0.15) is 0 Å². The third-order valence-electron chi connectivity index (χ3n) is 2.88. The van der Waals surface area contributed by atoms with Crippen molar-refractivity contribution in [1.29, 1.82) is 0 Å². The molecule has 1 atom stereocenters. The van der Waals surface area contributed by atoms with E-state index in [4.69, 9.17) is 10.2 Å². The van der Waals surface area contributed by atoms with Crippen molar-refractivity contribution >= 4 is 5.97 Å². The Labute approximate surface area is 104 Å². The molecule has 0 amide bonds. The number of hydrogen-bond acceptors (Lipinski definition) is 3. The second-order valence-corrected chi connectivity index (χ2v) is 4.63. The molecule has 0 aromatic carbocycles. The molecule has 17 heavy (non-hydrogen) atoms. The van der Waals surface area contributed by atoms with Gasteiger partial charge in [0.25, 0.3) is 0 Å². The number of unbranched alkanes of at least 4 members (excludes halogenated alkanes) is 5. The summed E-state index contributed by atoms with van der Waals surface area (Å²) in [6.07, 6.45) is 8.07. The molecule has 0 rings (SSSR count). The molecule has 0 heterocycles. The second-order valence-electron chi connectivity index (χ2n) is 4.63. The van der Waals surface area contributed by atoms with E-state index in [1.54, 1.807) is 0 Å². The Morgan fingerprint density at radius 1 is 1.12 bits per heavy atom. The molecule has 0 saturated carbocycles. The minimum atomic E-state index is -0.686. The molecule has 0 radical (unpaired) electrons. The van der Waals surface area contributed by atoms with Gasteiger partial charge in [0.2, 0.25) is 0 Å². The Kier molecular flexibility index (Phi) is 11.4. The van der Waals surface area contributed by atoms with Crippen LogP contribution in [0, 0.1) is 0 Å². The number of nitrogens with one attached hydrogen (secondary N) is 1. The highest BCUT2D eigenvalue weighted by molar-refractivity contribution is 5.66. The first kappa shape index (κ1) is 16.4. The van der Waals surface area contributed by atoms with Crippen molar-refractivity contribution in [3.63, 3.8) is 0 Å². The highest BCUT2D eigenvalue weighted by Gasteiger charge is 2.00. The molecule has 0 aromatic rings. The molecule has 0 aliphatic rings. The fourth-order valence-electron chi connectivity index (χ4n) is 1.85. The van der Waals surface area contributed by atoms with Crippen molar-refractivity contribution in [2.75, 3.05) is 13.2 Å². The summed E-state index contributed by atoms with van der Waals surface area (Å²) in [7, 11) is 0.